The van der Waals surface area contributed by atoms with Crippen LogP contribution in [0.5, 0.6) is 0 Å². The molecule has 1 aliphatic rings. The Balaban J connectivity index is 1.86. The third-order valence-electron chi connectivity index (χ3n) is 4.11. The Labute approximate surface area is 168 Å². The first-order valence-electron chi connectivity index (χ1n) is 7.64. The Morgan fingerprint density at radius 1 is 1.08 bits per heavy atom. The molecule has 1 unspecified atom stereocenters. The molecule has 1 heterocycles. The Bertz CT molecular complexity index is 921. The summed E-state index contributed by atoms with van der Waals surface area (Å²) in [4.78, 5) is 38.7. The molecule has 8 heteroatoms. The van der Waals surface area contributed by atoms with Crippen LogP contribution in [0.15, 0.2) is 34.8 Å². The summed E-state index contributed by atoms with van der Waals surface area (Å²) in [5.41, 5.74) is 1.85. The fourth-order valence-electron chi connectivity index (χ4n) is 2.68. The molecular weight excluding hydrogens is 443 g/mol. The molecule has 0 spiro atoms. The van der Waals surface area contributed by atoms with Gasteiger partial charge in [-0.15, -0.1) is 0 Å². The van der Waals surface area contributed by atoms with Gasteiger partial charge in [0.15, 0.2) is 0 Å². The van der Waals surface area contributed by atoms with Crippen molar-refractivity contribution in [2.24, 2.45) is 0 Å². The zero-order chi connectivity index (χ0) is 19.2. The number of amides is 3. The lowest BCUT2D eigenvalue weighted by atomic mass is 10.1. The lowest BCUT2D eigenvalue weighted by Crippen LogP contribution is -2.45. The van der Waals surface area contributed by atoms with Crippen LogP contribution < -0.4 is 5.32 Å². The third-order valence-corrected chi connectivity index (χ3v) is 5.49. The van der Waals surface area contributed by atoms with E-state index in [2.05, 4.69) is 21.2 Å². The normalized spacial score (nSPS) is 14.4. The van der Waals surface area contributed by atoms with Gasteiger partial charge < -0.3 is 5.32 Å². The van der Waals surface area contributed by atoms with Gasteiger partial charge in [0.2, 0.25) is 5.91 Å². The molecule has 0 fully saturated rings. The molecule has 1 N–H and O–H groups in total. The van der Waals surface area contributed by atoms with Crippen molar-refractivity contribution in [3.8, 4) is 0 Å². The van der Waals surface area contributed by atoms with E-state index in [1.165, 1.54) is 19.1 Å². The first-order chi connectivity index (χ1) is 12.2. The van der Waals surface area contributed by atoms with E-state index in [0.29, 0.717) is 10.2 Å². The smallest absolute Gasteiger partial charge is 0.262 e. The fourth-order valence-corrected chi connectivity index (χ4v) is 3.60. The van der Waals surface area contributed by atoms with Gasteiger partial charge in [0.25, 0.3) is 11.8 Å². The standard InChI is InChI=1S/C18H13BrCl2N2O3/c1-8-3-4-15(12(19)5-8)22-16(24)9(2)23-17(25)10-6-13(20)14(21)7-11(10)18(23)26/h3-7,9H,1-2H3,(H,22,24). The molecule has 1 aliphatic heterocycles. The van der Waals surface area contributed by atoms with Gasteiger partial charge in [-0.25, -0.2) is 0 Å². The van der Waals surface area contributed by atoms with Gasteiger partial charge in [-0.1, -0.05) is 29.3 Å². The second-order valence-electron chi connectivity index (χ2n) is 5.94. The molecule has 0 radical (unpaired) electrons. The SMILES string of the molecule is Cc1ccc(NC(=O)C(C)N2C(=O)c3cc(Cl)c(Cl)cc3C2=O)c(Br)c1. The summed E-state index contributed by atoms with van der Waals surface area (Å²) in [7, 11) is 0. The van der Waals surface area contributed by atoms with Crippen molar-refractivity contribution in [3.63, 3.8) is 0 Å². The summed E-state index contributed by atoms with van der Waals surface area (Å²) in [5.74, 6) is -1.63. The number of carbonyl (C=O) groups is 3. The molecular formula is C18H13BrCl2N2O3. The minimum Gasteiger partial charge on any atom is -0.323 e. The number of nitrogens with one attached hydrogen (secondary N) is 1. The van der Waals surface area contributed by atoms with Crippen LogP contribution in [0.2, 0.25) is 10.0 Å². The highest BCUT2D eigenvalue weighted by Crippen LogP contribution is 2.32. The highest BCUT2D eigenvalue weighted by Gasteiger charge is 2.41. The van der Waals surface area contributed by atoms with Gasteiger partial charge in [-0.2, -0.15) is 0 Å². The van der Waals surface area contributed by atoms with Crippen molar-refractivity contribution >= 4 is 62.5 Å². The zero-order valence-corrected chi connectivity index (χ0v) is 16.9. The predicted molar refractivity (Wildman–Crippen MR) is 104 cm³/mol. The molecule has 2 aromatic carbocycles. The maximum absolute atomic E-state index is 12.6. The van der Waals surface area contributed by atoms with Gasteiger partial charge in [0.1, 0.15) is 6.04 Å². The van der Waals surface area contributed by atoms with Gasteiger partial charge in [0, 0.05) is 4.47 Å². The van der Waals surface area contributed by atoms with E-state index < -0.39 is 23.8 Å². The Morgan fingerprint density at radius 3 is 2.12 bits per heavy atom. The summed E-state index contributed by atoms with van der Waals surface area (Å²) < 4.78 is 0.707. The third kappa shape index (κ3) is 3.24. The lowest BCUT2D eigenvalue weighted by molar-refractivity contribution is -0.119. The van der Waals surface area contributed by atoms with E-state index in [4.69, 9.17) is 23.2 Å². The molecule has 0 saturated heterocycles. The summed E-state index contributed by atoms with van der Waals surface area (Å²) in [6.07, 6.45) is 0. The molecule has 0 aromatic heterocycles. The topological polar surface area (TPSA) is 66.5 Å². The first kappa shape index (κ1) is 18.9. The summed E-state index contributed by atoms with van der Waals surface area (Å²) >= 11 is 15.2. The van der Waals surface area contributed by atoms with Crippen LogP contribution in [0, 0.1) is 6.92 Å². The van der Waals surface area contributed by atoms with Crippen molar-refractivity contribution in [2.75, 3.05) is 5.32 Å². The van der Waals surface area contributed by atoms with E-state index in [1.807, 2.05) is 19.1 Å². The average molecular weight is 456 g/mol. The van der Waals surface area contributed by atoms with E-state index in [0.717, 1.165) is 10.5 Å². The van der Waals surface area contributed by atoms with Crippen LogP contribution >= 0.6 is 39.1 Å². The van der Waals surface area contributed by atoms with Crippen LogP contribution in [0.3, 0.4) is 0 Å². The summed E-state index contributed by atoms with van der Waals surface area (Å²) in [6.45, 7) is 3.41. The predicted octanol–water partition coefficient (Wildman–Crippen LogP) is 4.69. The van der Waals surface area contributed by atoms with E-state index in [-0.39, 0.29) is 21.2 Å². The molecule has 3 amide bonds. The molecule has 134 valence electrons. The number of rotatable bonds is 3. The largest absolute Gasteiger partial charge is 0.323 e. The van der Waals surface area contributed by atoms with E-state index in [9.17, 15) is 14.4 Å². The minimum absolute atomic E-state index is 0.139. The molecule has 26 heavy (non-hydrogen) atoms. The summed E-state index contributed by atoms with van der Waals surface area (Å²) in [6, 6.07) is 7.13. The van der Waals surface area contributed by atoms with E-state index >= 15 is 0 Å². The molecule has 1 atom stereocenters. The molecule has 3 rings (SSSR count). The number of halogens is 3. The van der Waals surface area contributed by atoms with Gasteiger partial charge in [-0.05, 0) is 59.6 Å². The molecule has 0 saturated carbocycles. The fraction of sp³-hybridized carbons (Fsp3) is 0.167. The molecule has 0 aliphatic carbocycles. The van der Waals surface area contributed by atoms with E-state index in [1.54, 1.807) is 6.07 Å². The van der Waals surface area contributed by atoms with Crippen molar-refractivity contribution in [3.05, 3.63) is 61.5 Å². The number of hydrogen-bond acceptors (Lipinski definition) is 3. The van der Waals surface area contributed by atoms with Crippen LogP contribution in [0.4, 0.5) is 5.69 Å². The van der Waals surface area contributed by atoms with Crippen molar-refractivity contribution < 1.29 is 14.4 Å². The quantitative estimate of drug-likeness (QED) is 0.682. The highest BCUT2D eigenvalue weighted by molar-refractivity contribution is 9.10. The zero-order valence-electron chi connectivity index (χ0n) is 13.8. The average Bonchev–Trinajstić information content (AvgIpc) is 2.81. The monoisotopic (exact) mass is 454 g/mol. The van der Waals surface area contributed by atoms with Crippen LogP contribution in [0.25, 0.3) is 0 Å². The van der Waals surface area contributed by atoms with Crippen LogP contribution in [0.1, 0.15) is 33.2 Å². The van der Waals surface area contributed by atoms with Crippen molar-refractivity contribution in [1.29, 1.82) is 0 Å². The Kier molecular flexibility index (Phi) is 5.10. The second kappa shape index (κ2) is 7.02. The molecule has 2 aromatic rings. The van der Waals surface area contributed by atoms with Gasteiger partial charge in [-0.3, -0.25) is 19.3 Å². The second-order valence-corrected chi connectivity index (χ2v) is 7.61. The first-order valence-corrected chi connectivity index (χ1v) is 9.19. The summed E-state index contributed by atoms with van der Waals surface area (Å²) in [5, 5.41) is 3.07. The maximum Gasteiger partial charge on any atom is 0.262 e. The molecule has 5 nitrogen and oxygen atoms in total. The lowest BCUT2D eigenvalue weighted by Gasteiger charge is -2.22. The van der Waals surface area contributed by atoms with Crippen molar-refractivity contribution in [2.45, 2.75) is 19.9 Å². The number of hydrogen-bond donors (Lipinski definition) is 1. The minimum atomic E-state index is -1.01. The number of nitrogens with zero attached hydrogens (tertiary/aromatic N) is 1. The molecule has 0 bridgehead atoms. The number of carbonyl (C=O) groups excluding carboxylic acids is 3. The van der Waals surface area contributed by atoms with Crippen LogP contribution in [-0.2, 0) is 4.79 Å². The number of fused-ring (bicyclic) bond motifs is 1. The Morgan fingerprint density at radius 2 is 1.62 bits per heavy atom. The number of anilines is 1. The Hall–Kier alpha value is -1.89. The number of benzene rings is 2. The highest BCUT2D eigenvalue weighted by atomic mass is 79.9. The number of imide groups is 1. The van der Waals surface area contributed by atoms with Crippen LogP contribution in [-0.4, -0.2) is 28.7 Å². The van der Waals surface area contributed by atoms with Crippen molar-refractivity contribution in [1.82, 2.24) is 4.90 Å². The van der Waals surface area contributed by atoms with Gasteiger partial charge >= 0.3 is 0 Å². The van der Waals surface area contributed by atoms with Gasteiger partial charge in [0.05, 0.1) is 26.9 Å². The maximum atomic E-state index is 12.6. The number of aryl methyl sites for hydroxylation is 1.